The summed E-state index contributed by atoms with van der Waals surface area (Å²) in [6, 6.07) is 10.4. The monoisotopic (exact) mass is 262 g/mol. The van der Waals surface area contributed by atoms with E-state index >= 15 is 0 Å². The van der Waals surface area contributed by atoms with Gasteiger partial charge < -0.3 is 5.11 Å². The fourth-order valence-electron chi connectivity index (χ4n) is 1.73. The first-order valence-electron chi connectivity index (χ1n) is 5.78. The van der Waals surface area contributed by atoms with Crippen molar-refractivity contribution in [3.05, 3.63) is 71.3 Å². The number of rotatable bonds is 4. The quantitative estimate of drug-likeness (QED) is 0.859. The summed E-state index contributed by atoms with van der Waals surface area (Å²) in [7, 11) is 0. The van der Waals surface area contributed by atoms with Gasteiger partial charge in [0.2, 0.25) is 0 Å². The van der Waals surface area contributed by atoms with Crippen LogP contribution >= 0.6 is 0 Å². The van der Waals surface area contributed by atoms with Crippen molar-refractivity contribution in [2.75, 3.05) is 0 Å². The molecule has 1 N–H and O–H groups in total. The maximum Gasteiger partial charge on any atom is 0.165 e. The van der Waals surface area contributed by atoms with Crippen LogP contribution in [0.4, 0.5) is 8.78 Å². The maximum absolute atomic E-state index is 12.7. The molecule has 0 aliphatic carbocycles. The minimum atomic E-state index is -1.00. The van der Waals surface area contributed by atoms with Gasteiger partial charge in [0, 0.05) is 12.0 Å². The molecule has 98 valence electrons. The summed E-state index contributed by atoms with van der Waals surface area (Å²) < 4.78 is 25.5. The van der Waals surface area contributed by atoms with Gasteiger partial charge in [-0.2, -0.15) is 0 Å². The molecule has 2 rings (SSSR count). The zero-order valence-electron chi connectivity index (χ0n) is 10.0. The van der Waals surface area contributed by atoms with Gasteiger partial charge in [0.25, 0.3) is 0 Å². The van der Waals surface area contributed by atoms with Gasteiger partial charge in [0.15, 0.2) is 5.78 Å². The van der Waals surface area contributed by atoms with Gasteiger partial charge in [0.05, 0.1) is 6.10 Å². The largest absolute Gasteiger partial charge is 0.388 e. The third-order valence-electron chi connectivity index (χ3n) is 2.80. The van der Waals surface area contributed by atoms with Gasteiger partial charge in [-0.25, -0.2) is 8.78 Å². The molecule has 0 saturated heterocycles. The molecule has 0 fully saturated rings. The number of Topliss-reactive ketones (excluding diaryl/α,β-unsaturated/α-hetero) is 1. The lowest BCUT2D eigenvalue weighted by atomic mass is 10.0. The standard InChI is InChI=1S/C15H12F2O2/c16-12-5-1-10(2-6-12)14(18)9-15(19)11-3-7-13(17)8-4-11/h1-8,14,18H,9H2. The summed E-state index contributed by atoms with van der Waals surface area (Å²) >= 11 is 0. The van der Waals surface area contributed by atoms with Gasteiger partial charge in [-0.05, 0) is 42.0 Å². The molecule has 2 aromatic rings. The Labute approximate surface area is 109 Å². The summed E-state index contributed by atoms with van der Waals surface area (Å²) in [6.45, 7) is 0. The number of benzene rings is 2. The average molecular weight is 262 g/mol. The van der Waals surface area contributed by atoms with Crippen molar-refractivity contribution in [1.29, 1.82) is 0 Å². The number of carbonyl (C=O) groups is 1. The average Bonchev–Trinajstić information content (AvgIpc) is 2.40. The van der Waals surface area contributed by atoms with E-state index in [-0.39, 0.29) is 12.2 Å². The summed E-state index contributed by atoms with van der Waals surface area (Å²) in [5.74, 6) is -1.12. The molecule has 0 spiro atoms. The van der Waals surface area contributed by atoms with Gasteiger partial charge >= 0.3 is 0 Å². The molecule has 0 aliphatic rings. The molecule has 19 heavy (non-hydrogen) atoms. The smallest absolute Gasteiger partial charge is 0.165 e. The van der Waals surface area contributed by atoms with Gasteiger partial charge in [-0.15, -0.1) is 0 Å². The predicted molar refractivity (Wildman–Crippen MR) is 66.7 cm³/mol. The highest BCUT2D eigenvalue weighted by atomic mass is 19.1. The minimum Gasteiger partial charge on any atom is -0.388 e. The summed E-state index contributed by atoms with van der Waals surface area (Å²) in [4.78, 5) is 11.9. The van der Waals surface area contributed by atoms with E-state index in [0.29, 0.717) is 11.1 Å². The van der Waals surface area contributed by atoms with Crippen molar-refractivity contribution in [3.8, 4) is 0 Å². The first-order valence-corrected chi connectivity index (χ1v) is 5.78. The Bertz CT molecular complexity index is 562. The zero-order valence-corrected chi connectivity index (χ0v) is 10.0. The topological polar surface area (TPSA) is 37.3 Å². The molecular weight excluding hydrogens is 250 g/mol. The van der Waals surface area contributed by atoms with E-state index in [4.69, 9.17) is 0 Å². The van der Waals surface area contributed by atoms with E-state index in [9.17, 15) is 18.7 Å². The van der Waals surface area contributed by atoms with Crippen LogP contribution in [0.5, 0.6) is 0 Å². The fourth-order valence-corrected chi connectivity index (χ4v) is 1.73. The first-order chi connectivity index (χ1) is 9.06. The third kappa shape index (κ3) is 3.45. The van der Waals surface area contributed by atoms with Crippen LogP contribution in [0.25, 0.3) is 0 Å². The SMILES string of the molecule is O=C(CC(O)c1ccc(F)cc1)c1ccc(F)cc1. The lowest BCUT2D eigenvalue weighted by molar-refractivity contribution is 0.0880. The number of aliphatic hydroxyl groups excluding tert-OH is 1. The van der Waals surface area contributed by atoms with Crippen molar-refractivity contribution in [3.63, 3.8) is 0 Å². The molecule has 1 unspecified atom stereocenters. The van der Waals surface area contributed by atoms with Gasteiger partial charge in [-0.3, -0.25) is 4.79 Å². The van der Waals surface area contributed by atoms with Crippen LogP contribution in [0.3, 0.4) is 0 Å². The summed E-state index contributed by atoms with van der Waals surface area (Å²) in [5, 5.41) is 9.88. The van der Waals surface area contributed by atoms with E-state index in [2.05, 4.69) is 0 Å². The highest BCUT2D eigenvalue weighted by Gasteiger charge is 2.14. The van der Waals surface area contributed by atoms with Crippen molar-refractivity contribution in [1.82, 2.24) is 0 Å². The van der Waals surface area contributed by atoms with Crippen molar-refractivity contribution >= 4 is 5.78 Å². The molecule has 0 aromatic heterocycles. The Hall–Kier alpha value is -2.07. The second-order valence-corrected chi connectivity index (χ2v) is 4.20. The van der Waals surface area contributed by atoms with Crippen LogP contribution in [0.2, 0.25) is 0 Å². The molecular formula is C15H12F2O2. The Kier molecular flexibility index (Phi) is 4.02. The van der Waals surface area contributed by atoms with Crippen LogP contribution < -0.4 is 0 Å². The van der Waals surface area contributed by atoms with E-state index in [0.717, 1.165) is 0 Å². The number of aliphatic hydroxyl groups is 1. The Morgan fingerprint density at radius 2 is 1.42 bits per heavy atom. The Morgan fingerprint density at radius 3 is 1.95 bits per heavy atom. The summed E-state index contributed by atoms with van der Waals surface area (Å²) in [5.41, 5.74) is 0.805. The van der Waals surface area contributed by atoms with Crippen molar-refractivity contribution in [2.24, 2.45) is 0 Å². The second kappa shape index (κ2) is 5.71. The molecule has 2 nitrogen and oxygen atoms in total. The lowest BCUT2D eigenvalue weighted by Gasteiger charge is -2.10. The van der Waals surface area contributed by atoms with Crippen LogP contribution in [0, 0.1) is 11.6 Å². The zero-order chi connectivity index (χ0) is 13.8. The molecule has 1 atom stereocenters. The highest BCUT2D eigenvalue weighted by Crippen LogP contribution is 2.19. The van der Waals surface area contributed by atoms with Crippen LogP contribution in [-0.4, -0.2) is 10.9 Å². The van der Waals surface area contributed by atoms with Crippen molar-refractivity contribution < 1.29 is 18.7 Å². The molecule has 0 saturated carbocycles. The molecule has 2 aromatic carbocycles. The molecule has 4 heteroatoms. The summed E-state index contributed by atoms with van der Waals surface area (Å²) in [6.07, 6.45) is -1.13. The van der Waals surface area contributed by atoms with E-state index in [1.807, 2.05) is 0 Å². The second-order valence-electron chi connectivity index (χ2n) is 4.20. The van der Waals surface area contributed by atoms with Gasteiger partial charge in [0.1, 0.15) is 11.6 Å². The fraction of sp³-hybridized carbons (Fsp3) is 0.133. The number of hydrogen-bond donors (Lipinski definition) is 1. The Morgan fingerprint density at radius 1 is 0.947 bits per heavy atom. The number of halogens is 2. The van der Waals surface area contributed by atoms with Crippen LogP contribution in [0.15, 0.2) is 48.5 Å². The first kappa shape index (κ1) is 13.4. The normalized spacial score (nSPS) is 12.2. The number of ketones is 1. The number of hydrogen-bond acceptors (Lipinski definition) is 2. The lowest BCUT2D eigenvalue weighted by Crippen LogP contribution is -2.07. The molecule has 0 radical (unpaired) electrons. The van der Waals surface area contributed by atoms with Gasteiger partial charge in [-0.1, -0.05) is 12.1 Å². The molecule has 0 bridgehead atoms. The molecule has 0 heterocycles. The molecule has 0 aliphatic heterocycles. The predicted octanol–water partition coefficient (Wildman–Crippen LogP) is 3.27. The Balaban J connectivity index is 2.06. The minimum absolute atomic E-state index is 0.128. The van der Waals surface area contributed by atoms with E-state index < -0.39 is 17.7 Å². The number of carbonyl (C=O) groups excluding carboxylic acids is 1. The maximum atomic E-state index is 12.7. The van der Waals surface area contributed by atoms with Crippen LogP contribution in [-0.2, 0) is 0 Å². The van der Waals surface area contributed by atoms with E-state index in [1.54, 1.807) is 0 Å². The van der Waals surface area contributed by atoms with E-state index in [1.165, 1.54) is 48.5 Å². The van der Waals surface area contributed by atoms with Crippen molar-refractivity contribution in [2.45, 2.75) is 12.5 Å². The van der Waals surface area contributed by atoms with Crippen LogP contribution in [0.1, 0.15) is 28.4 Å². The molecule has 0 amide bonds. The third-order valence-corrected chi connectivity index (χ3v) is 2.80. The highest BCUT2D eigenvalue weighted by molar-refractivity contribution is 5.96.